The van der Waals surface area contributed by atoms with Crippen molar-refractivity contribution in [3.63, 3.8) is 0 Å². The highest BCUT2D eigenvalue weighted by Gasteiger charge is 2.21. The highest BCUT2D eigenvalue weighted by molar-refractivity contribution is 6.33. The Morgan fingerprint density at radius 3 is 2.57 bits per heavy atom. The van der Waals surface area contributed by atoms with Crippen molar-refractivity contribution in [2.45, 2.75) is 6.43 Å². The van der Waals surface area contributed by atoms with Gasteiger partial charge in [-0.3, -0.25) is 9.59 Å². The van der Waals surface area contributed by atoms with E-state index < -0.39 is 34.0 Å². The number of amides is 1. The summed E-state index contributed by atoms with van der Waals surface area (Å²) in [6.45, 7) is 0. The number of carbonyl (C=O) groups excluding carboxylic acids is 1. The molecule has 0 aliphatic heterocycles. The zero-order valence-electron chi connectivity index (χ0n) is 6.68. The number of pyridine rings is 1. The summed E-state index contributed by atoms with van der Waals surface area (Å²) in [5.41, 5.74) is 2.67. The van der Waals surface area contributed by atoms with E-state index in [-0.39, 0.29) is 0 Å². The summed E-state index contributed by atoms with van der Waals surface area (Å²) >= 11 is 5.36. The van der Waals surface area contributed by atoms with Crippen molar-refractivity contribution >= 4 is 17.5 Å². The zero-order valence-corrected chi connectivity index (χ0v) is 7.44. The van der Waals surface area contributed by atoms with Crippen LogP contribution in [-0.2, 0) is 0 Å². The lowest BCUT2D eigenvalue weighted by Crippen LogP contribution is -2.20. The number of hydrogen-bond donors (Lipinski definition) is 2. The first-order valence-electron chi connectivity index (χ1n) is 3.44. The fraction of sp³-hybridized carbons (Fsp3) is 0.143. The number of halogens is 3. The van der Waals surface area contributed by atoms with Crippen LogP contribution in [0.4, 0.5) is 8.78 Å². The molecular formula is C7H5ClF2N2O2. The average Bonchev–Trinajstić information content (AvgIpc) is 2.08. The summed E-state index contributed by atoms with van der Waals surface area (Å²) in [5, 5.41) is -0.615. The molecule has 0 aromatic carbocycles. The summed E-state index contributed by atoms with van der Waals surface area (Å²) in [6.07, 6.45) is -2.20. The second-order valence-corrected chi connectivity index (χ2v) is 2.81. The Labute approximate surface area is 81.7 Å². The fourth-order valence-corrected chi connectivity index (χ4v) is 1.20. The number of alkyl halides is 2. The monoisotopic (exact) mass is 222 g/mol. The second kappa shape index (κ2) is 3.75. The summed E-state index contributed by atoms with van der Waals surface area (Å²) in [4.78, 5) is 23.6. The molecule has 1 rings (SSSR count). The van der Waals surface area contributed by atoms with E-state index >= 15 is 0 Å². The van der Waals surface area contributed by atoms with E-state index in [0.717, 1.165) is 6.20 Å². The quantitative estimate of drug-likeness (QED) is 0.785. The number of aromatic amines is 1. The molecule has 4 nitrogen and oxygen atoms in total. The first-order valence-corrected chi connectivity index (χ1v) is 3.82. The fourth-order valence-electron chi connectivity index (χ4n) is 0.942. The van der Waals surface area contributed by atoms with E-state index in [1.807, 2.05) is 4.98 Å². The van der Waals surface area contributed by atoms with Gasteiger partial charge in [-0.1, -0.05) is 11.6 Å². The van der Waals surface area contributed by atoms with Crippen molar-refractivity contribution in [1.29, 1.82) is 0 Å². The van der Waals surface area contributed by atoms with Crippen molar-refractivity contribution in [3.8, 4) is 0 Å². The highest BCUT2D eigenvalue weighted by atomic mass is 35.5. The molecule has 76 valence electrons. The van der Waals surface area contributed by atoms with Gasteiger partial charge in [0.05, 0.1) is 5.56 Å². The van der Waals surface area contributed by atoms with Gasteiger partial charge >= 0.3 is 0 Å². The minimum atomic E-state index is -2.92. The Morgan fingerprint density at radius 1 is 1.57 bits per heavy atom. The van der Waals surface area contributed by atoms with Crippen LogP contribution in [0.2, 0.25) is 5.02 Å². The third kappa shape index (κ3) is 1.74. The molecule has 3 N–H and O–H groups in total. The topological polar surface area (TPSA) is 76.0 Å². The minimum absolute atomic E-state index is 0.615. The van der Waals surface area contributed by atoms with Gasteiger partial charge in [-0.25, -0.2) is 8.78 Å². The van der Waals surface area contributed by atoms with Crippen molar-refractivity contribution in [1.82, 2.24) is 4.98 Å². The summed E-state index contributed by atoms with van der Waals surface area (Å²) in [6, 6.07) is 0. The van der Waals surface area contributed by atoms with Gasteiger partial charge in [0.2, 0.25) is 0 Å². The maximum Gasteiger partial charge on any atom is 0.267 e. The molecule has 0 radical (unpaired) electrons. The van der Waals surface area contributed by atoms with Crippen LogP contribution < -0.4 is 11.3 Å². The van der Waals surface area contributed by atoms with Gasteiger partial charge in [0.1, 0.15) is 5.02 Å². The number of nitrogens with one attached hydrogen (secondary N) is 1. The molecule has 0 aliphatic carbocycles. The third-order valence-corrected chi connectivity index (χ3v) is 1.91. The van der Waals surface area contributed by atoms with Crippen molar-refractivity contribution in [2.24, 2.45) is 5.73 Å². The third-order valence-electron chi connectivity index (χ3n) is 1.55. The van der Waals surface area contributed by atoms with Gasteiger partial charge in [0.15, 0.2) is 0 Å². The Kier molecular flexibility index (Phi) is 2.85. The van der Waals surface area contributed by atoms with Crippen molar-refractivity contribution in [2.75, 3.05) is 0 Å². The molecule has 1 aromatic heterocycles. The number of carbonyl (C=O) groups is 1. The first-order chi connectivity index (χ1) is 6.45. The van der Waals surface area contributed by atoms with E-state index in [4.69, 9.17) is 17.3 Å². The molecule has 0 bridgehead atoms. The lowest BCUT2D eigenvalue weighted by molar-refractivity contribution is 0.0985. The van der Waals surface area contributed by atoms with E-state index in [0.29, 0.717) is 0 Å². The van der Waals surface area contributed by atoms with Crippen molar-refractivity contribution < 1.29 is 13.6 Å². The highest BCUT2D eigenvalue weighted by Crippen LogP contribution is 2.24. The number of primary amides is 1. The van der Waals surface area contributed by atoms with E-state index in [1.165, 1.54) is 0 Å². The van der Waals surface area contributed by atoms with Crippen LogP contribution >= 0.6 is 11.6 Å². The molecule has 0 saturated heterocycles. The standard InChI is InChI=1S/C7H5ClF2N2O2/c8-4-3(6(11)13)2(5(9)10)1-12-7(4)14/h1,5H,(H2,11,13)(H,12,14). The Hall–Kier alpha value is -1.43. The molecule has 1 aromatic rings. The van der Waals surface area contributed by atoms with Gasteiger partial charge in [0.25, 0.3) is 17.9 Å². The zero-order chi connectivity index (χ0) is 10.9. The first kappa shape index (κ1) is 10.6. The van der Waals surface area contributed by atoms with Crippen LogP contribution in [0.15, 0.2) is 11.0 Å². The smallest absolute Gasteiger partial charge is 0.267 e. The molecule has 0 spiro atoms. The SMILES string of the molecule is NC(=O)c1c(C(F)F)c[nH]c(=O)c1Cl. The number of aromatic nitrogens is 1. The van der Waals surface area contributed by atoms with Crippen LogP contribution in [0.5, 0.6) is 0 Å². The largest absolute Gasteiger partial charge is 0.366 e. The predicted octanol–water partition coefficient (Wildman–Crippen LogP) is 1.06. The van der Waals surface area contributed by atoms with Crippen LogP contribution in [0.25, 0.3) is 0 Å². The Balaban J connectivity index is 3.54. The maximum atomic E-state index is 12.3. The molecule has 0 fully saturated rings. The summed E-state index contributed by atoms with van der Waals surface area (Å²) < 4.78 is 24.6. The summed E-state index contributed by atoms with van der Waals surface area (Å²) in [7, 11) is 0. The average molecular weight is 223 g/mol. The predicted molar refractivity (Wildman–Crippen MR) is 45.5 cm³/mol. The Morgan fingerprint density at radius 2 is 2.14 bits per heavy atom. The number of H-pyrrole nitrogens is 1. The summed E-state index contributed by atoms with van der Waals surface area (Å²) in [5.74, 6) is -1.16. The maximum absolute atomic E-state index is 12.3. The molecule has 1 amide bonds. The van der Waals surface area contributed by atoms with Crippen LogP contribution in [0.1, 0.15) is 22.3 Å². The van der Waals surface area contributed by atoms with Gasteiger partial charge in [-0.2, -0.15) is 0 Å². The minimum Gasteiger partial charge on any atom is -0.366 e. The molecule has 7 heteroatoms. The molecular weight excluding hydrogens is 218 g/mol. The molecule has 14 heavy (non-hydrogen) atoms. The molecule has 0 saturated carbocycles. The molecule has 1 heterocycles. The number of rotatable bonds is 2. The van der Waals surface area contributed by atoms with E-state index in [9.17, 15) is 18.4 Å². The van der Waals surface area contributed by atoms with Gasteiger partial charge in [0, 0.05) is 11.8 Å². The molecule has 0 aliphatic rings. The molecule has 0 atom stereocenters. The van der Waals surface area contributed by atoms with Gasteiger partial charge in [-0.15, -0.1) is 0 Å². The Bertz CT molecular complexity index is 430. The van der Waals surface area contributed by atoms with Crippen LogP contribution in [0.3, 0.4) is 0 Å². The van der Waals surface area contributed by atoms with E-state index in [2.05, 4.69) is 0 Å². The lowest BCUT2D eigenvalue weighted by Gasteiger charge is -2.05. The normalized spacial score (nSPS) is 10.6. The van der Waals surface area contributed by atoms with Crippen molar-refractivity contribution in [3.05, 3.63) is 32.7 Å². The number of hydrogen-bond acceptors (Lipinski definition) is 2. The van der Waals surface area contributed by atoms with Gasteiger partial charge in [-0.05, 0) is 0 Å². The molecule has 0 unspecified atom stereocenters. The lowest BCUT2D eigenvalue weighted by atomic mass is 10.1. The van der Waals surface area contributed by atoms with Crippen LogP contribution in [-0.4, -0.2) is 10.9 Å². The van der Waals surface area contributed by atoms with E-state index in [1.54, 1.807) is 0 Å². The van der Waals surface area contributed by atoms with Gasteiger partial charge < -0.3 is 10.7 Å². The number of nitrogens with two attached hydrogens (primary N) is 1. The van der Waals surface area contributed by atoms with Crippen LogP contribution in [0, 0.1) is 0 Å². The second-order valence-electron chi connectivity index (χ2n) is 2.43.